The maximum absolute atomic E-state index is 13.0. The molecule has 0 unspecified atom stereocenters. The molecule has 0 fully saturated rings. The Balaban J connectivity index is 2.01. The summed E-state index contributed by atoms with van der Waals surface area (Å²) >= 11 is 0. The van der Waals surface area contributed by atoms with Crippen LogP contribution in [0, 0.1) is 0 Å². The first kappa shape index (κ1) is 22.6. The van der Waals surface area contributed by atoms with Crippen molar-refractivity contribution < 1.29 is 27.4 Å². The lowest BCUT2D eigenvalue weighted by Crippen LogP contribution is -2.41. The van der Waals surface area contributed by atoms with E-state index in [1.54, 1.807) is 12.1 Å². The van der Waals surface area contributed by atoms with Crippen LogP contribution in [0.4, 0.5) is 18.9 Å². The lowest BCUT2D eigenvalue weighted by molar-refractivity contribution is -0.274. The molecule has 1 amide bonds. The molecule has 3 rings (SSSR count). The van der Waals surface area contributed by atoms with Gasteiger partial charge in [0.05, 0.1) is 19.3 Å². The molecule has 3 aromatic rings. The average Bonchev–Trinajstić information content (AvgIpc) is 2.71. The number of benzene rings is 2. The monoisotopic (exact) mass is 450 g/mol. The third-order valence-electron chi connectivity index (χ3n) is 4.13. The molecule has 0 saturated carbocycles. The summed E-state index contributed by atoms with van der Waals surface area (Å²) < 4.78 is 47.5. The molecule has 0 spiro atoms. The number of ether oxygens (including phenoxy) is 2. The minimum Gasteiger partial charge on any atom is -0.476 e. The second-order valence-electron chi connectivity index (χ2n) is 6.52. The summed E-state index contributed by atoms with van der Waals surface area (Å²) in [7, 11) is 1.21. The summed E-state index contributed by atoms with van der Waals surface area (Å²) in [6, 6.07) is 10.9. The Kier molecular flexibility index (Phi) is 6.32. The van der Waals surface area contributed by atoms with Gasteiger partial charge in [-0.1, -0.05) is 18.2 Å². The molecule has 0 bridgehead atoms. The third kappa shape index (κ3) is 5.33. The maximum Gasteiger partial charge on any atom is 0.573 e. The largest absolute Gasteiger partial charge is 0.573 e. The zero-order valence-corrected chi connectivity index (χ0v) is 16.8. The molecule has 32 heavy (non-hydrogen) atoms. The highest BCUT2D eigenvalue weighted by atomic mass is 19.4. The van der Waals surface area contributed by atoms with Crippen molar-refractivity contribution in [3.8, 4) is 17.3 Å². The van der Waals surface area contributed by atoms with Crippen molar-refractivity contribution in [3.05, 3.63) is 74.9 Å². The van der Waals surface area contributed by atoms with Crippen molar-refractivity contribution in [3.63, 3.8) is 0 Å². The third-order valence-corrected chi connectivity index (χ3v) is 4.13. The number of methoxy groups -OCH3 is 1. The average molecular weight is 450 g/mol. The zero-order valence-electron chi connectivity index (χ0n) is 16.8. The van der Waals surface area contributed by atoms with E-state index in [2.05, 4.69) is 15.2 Å². The Morgan fingerprint density at radius 3 is 2.41 bits per heavy atom. The van der Waals surface area contributed by atoms with Gasteiger partial charge in [-0.05, 0) is 35.9 Å². The van der Waals surface area contributed by atoms with E-state index in [0.29, 0.717) is 11.3 Å². The number of hydrogen-bond donors (Lipinski definition) is 1. The van der Waals surface area contributed by atoms with Crippen LogP contribution in [0.2, 0.25) is 0 Å². The van der Waals surface area contributed by atoms with Crippen LogP contribution in [-0.4, -0.2) is 33.7 Å². The summed E-state index contributed by atoms with van der Waals surface area (Å²) in [5.41, 5.74) is -0.609. The molecule has 1 N–H and O–H groups in total. The molecule has 0 aliphatic rings. The molecule has 168 valence electrons. The highest BCUT2D eigenvalue weighted by molar-refractivity contribution is 5.88. The van der Waals surface area contributed by atoms with Gasteiger partial charge in [0.25, 0.3) is 5.88 Å². The number of halogens is 3. The number of aromatic nitrogens is 3. The number of hydrogen-bond acceptors (Lipinski definition) is 6. The van der Waals surface area contributed by atoms with E-state index in [-0.39, 0.29) is 24.0 Å². The molecule has 0 radical (unpaired) electrons. The molecule has 0 aliphatic carbocycles. The van der Waals surface area contributed by atoms with Gasteiger partial charge in [0, 0.05) is 12.6 Å². The zero-order chi connectivity index (χ0) is 23.5. The smallest absolute Gasteiger partial charge is 0.476 e. The van der Waals surface area contributed by atoms with Crippen LogP contribution in [0.25, 0.3) is 5.69 Å². The summed E-state index contributed by atoms with van der Waals surface area (Å²) in [5, 5.41) is 6.50. The maximum atomic E-state index is 13.0. The van der Waals surface area contributed by atoms with Gasteiger partial charge in [-0.2, -0.15) is 4.68 Å². The first-order chi connectivity index (χ1) is 15.1. The van der Waals surface area contributed by atoms with Crippen molar-refractivity contribution in [1.82, 2.24) is 14.3 Å². The highest BCUT2D eigenvalue weighted by Gasteiger charge is 2.31. The molecule has 9 nitrogen and oxygen atoms in total. The Morgan fingerprint density at radius 1 is 1.12 bits per heavy atom. The molecule has 0 atom stereocenters. The van der Waals surface area contributed by atoms with E-state index in [9.17, 15) is 27.6 Å². The normalized spacial score (nSPS) is 11.2. The first-order valence-electron chi connectivity index (χ1n) is 9.08. The lowest BCUT2D eigenvalue weighted by atomic mass is 10.2. The van der Waals surface area contributed by atoms with E-state index in [0.717, 1.165) is 21.4 Å². The topological polar surface area (TPSA) is 104 Å². The quantitative estimate of drug-likeness (QED) is 0.618. The van der Waals surface area contributed by atoms with Gasteiger partial charge >= 0.3 is 17.6 Å². The van der Waals surface area contributed by atoms with Gasteiger partial charge in [0.2, 0.25) is 5.91 Å². The lowest BCUT2D eigenvalue weighted by Gasteiger charge is -2.13. The SMILES string of the molecule is COc1nn(-c2cccc(NC(C)=O)c2)c(=O)n(Cc2ccc(OC(F)(F)F)cc2)c1=O. The van der Waals surface area contributed by atoms with E-state index < -0.39 is 23.4 Å². The summed E-state index contributed by atoms with van der Waals surface area (Å²) in [5.74, 6) is -1.12. The number of carbonyl (C=O) groups is 1. The predicted octanol–water partition coefficient (Wildman–Crippen LogP) is 2.31. The highest BCUT2D eigenvalue weighted by Crippen LogP contribution is 2.22. The van der Waals surface area contributed by atoms with E-state index >= 15 is 0 Å². The number of rotatable bonds is 6. The molecule has 0 aliphatic heterocycles. The Morgan fingerprint density at radius 2 is 1.81 bits per heavy atom. The van der Waals surface area contributed by atoms with Gasteiger partial charge in [-0.15, -0.1) is 18.3 Å². The standard InChI is InChI=1S/C20H17F3N4O5/c1-12(28)24-14-4-3-5-15(10-14)27-19(30)26(18(29)17(25-27)31-2)11-13-6-8-16(9-7-13)32-20(21,22)23/h3-10H,11H2,1-2H3,(H,24,28). The summed E-state index contributed by atoms with van der Waals surface area (Å²) in [4.78, 5) is 36.9. The Hall–Kier alpha value is -4.09. The fourth-order valence-corrected chi connectivity index (χ4v) is 2.83. The van der Waals surface area contributed by atoms with Crippen LogP contribution in [0.3, 0.4) is 0 Å². The van der Waals surface area contributed by atoms with E-state index in [1.807, 2.05) is 0 Å². The minimum absolute atomic E-state index is 0.252. The number of anilines is 1. The van der Waals surface area contributed by atoms with Crippen LogP contribution in [-0.2, 0) is 11.3 Å². The number of carbonyl (C=O) groups excluding carboxylic acids is 1. The molecular weight excluding hydrogens is 433 g/mol. The van der Waals surface area contributed by atoms with Crippen molar-refractivity contribution in [2.75, 3.05) is 12.4 Å². The first-order valence-corrected chi connectivity index (χ1v) is 9.08. The molecule has 1 heterocycles. The van der Waals surface area contributed by atoms with Gasteiger partial charge in [-0.25, -0.2) is 9.36 Å². The summed E-state index contributed by atoms with van der Waals surface area (Å²) in [6.07, 6.45) is -4.84. The van der Waals surface area contributed by atoms with Gasteiger partial charge < -0.3 is 14.8 Å². The molecule has 12 heteroatoms. The van der Waals surface area contributed by atoms with Gasteiger partial charge in [-0.3, -0.25) is 9.59 Å². The second kappa shape index (κ2) is 8.96. The van der Waals surface area contributed by atoms with E-state index in [4.69, 9.17) is 4.74 Å². The summed E-state index contributed by atoms with van der Waals surface area (Å²) in [6.45, 7) is 1.07. The van der Waals surface area contributed by atoms with Gasteiger partial charge in [0.1, 0.15) is 5.75 Å². The van der Waals surface area contributed by atoms with Gasteiger partial charge in [0.15, 0.2) is 0 Å². The number of amides is 1. The molecule has 1 aromatic heterocycles. The Labute approximate surface area is 178 Å². The molecular formula is C20H17F3N4O5. The van der Waals surface area contributed by atoms with Crippen molar-refractivity contribution in [1.29, 1.82) is 0 Å². The predicted molar refractivity (Wildman–Crippen MR) is 107 cm³/mol. The van der Waals surface area contributed by atoms with Crippen LogP contribution >= 0.6 is 0 Å². The van der Waals surface area contributed by atoms with Crippen molar-refractivity contribution >= 4 is 11.6 Å². The fraction of sp³-hybridized carbons (Fsp3) is 0.200. The van der Waals surface area contributed by atoms with E-state index in [1.165, 1.54) is 38.3 Å². The van der Waals surface area contributed by atoms with Crippen LogP contribution in [0.5, 0.6) is 11.6 Å². The van der Waals surface area contributed by atoms with Crippen LogP contribution in [0.15, 0.2) is 58.1 Å². The van der Waals surface area contributed by atoms with Crippen molar-refractivity contribution in [2.24, 2.45) is 0 Å². The molecule has 2 aromatic carbocycles. The van der Waals surface area contributed by atoms with Crippen molar-refractivity contribution in [2.45, 2.75) is 19.8 Å². The minimum atomic E-state index is -4.84. The van der Waals surface area contributed by atoms with Crippen LogP contribution in [0.1, 0.15) is 12.5 Å². The second-order valence-corrected chi connectivity index (χ2v) is 6.52. The molecule has 0 saturated heterocycles. The Bertz CT molecular complexity index is 1250. The number of nitrogens with zero attached hydrogens (tertiary/aromatic N) is 3. The van der Waals surface area contributed by atoms with Crippen LogP contribution < -0.4 is 26.0 Å². The fourth-order valence-electron chi connectivity index (χ4n) is 2.83. The number of alkyl halides is 3. The number of nitrogens with one attached hydrogen (secondary N) is 1.